The number of rotatable bonds is 5. The largest absolute Gasteiger partial charge is 0.375 e. The molecule has 0 saturated carbocycles. The quantitative estimate of drug-likeness (QED) is 0.572. The van der Waals surface area contributed by atoms with Crippen molar-refractivity contribution in [1.82, 2.24) is 19.5 Å². The minimum absolute atomic E-state index is 0.0309. The molecule has 0 atom stereocenters. The van der Waals surface area contributed by atoms with Crippen molar-refractivity contribution < 1.29 is 22.3 Å². The third kappa shape index (κ3) is 4.50. The summed E-state index contributed by atoms with van der Waals surface area (Å²) >= 11 is 0. The predicted octanol–water partition coefficient (Wildman–Crippen LogP) is 3.13. The maximum absolute atomic E-state index is 13.6. The number of piperidine rings is 1. The lowest BCUT2D eigenvalue weighted by molar-refractivity contribution is -0.158. The number of amides is 1. The van der Waals surface area contributed by atoms with E-state index in [9.17, 15) is 17.6 Å². The number of pyridine rings is 1. The zero-order valence-corrected chi connectivity index (χ0v) is 20.7. The summed E-state index contributed by atoms with van der Waals surface area (Å²) in [6.07, 6.45) is 3.70. The molecular weight excluding hydrogens is 473 g/mol. The van der Waals surface area contributed by atoms with Gasteiger partial charge in [-0.1, -0.05) is 13.8 Å². The van der Waals surface area contributed by atoms with Gasteiger partial charge in [-0.2, -0.15) is 5.10 Å². The summed E-state index contributed by atoms with van der Waals surface area (Å²) in [6, 6.07) is 7.50. The third-order valence-corrected chi connectivity index (χ3v) is 7.31. The van der Waals surface area contributed by atoms with Crippen molar-refractivity contribution in [3.05, 3.63) is 47.5 Å². The smallest absolute Gasteiger partial charge is 0.283 e. The molecule has 3 aromatic rings. The fourth-order valence-electron chi connectivity index (χ4n) is 4.82. The minimum atomic E-state index is -3.78. The van der Waals surface area contributed by atoms with E-state index in [1.807, 2.05) is 18.6 Å². The summed E-state index contributed by atoms with van der Waals surface area (Å²) in [4.78, 5) is 19.6. The number of anilines is 1. The van der Waals surface area contributed by atoms with E-state index in [0.717, 1.165) is 62.0 Å². The monoisotopic (exact) mass is 501 g/mol. The number of halogens is 1. The maximum atomic E-state index is 13.6. The second-order valence-electron chi connectivity index (χ2n) is 9.63. The van der Waals surface area contributed by atoms with Crippen molar-refractivity contribution in [2.75, 3.05) is 30.9 Å². The average Bonchev–Trinajstić information content (AvgIpc) is 3.17. The van der Waals surface area contributed by atoms with Crippen LogP contribution in [0.2, 0.25) is 0 Å². The van der Waals surface area contributed by atoms with Crippen LogP contribution in [0.4, 0.5) is 10.1 Å². The van der Waals surface area contributed by atoms with Crippen LogP contribution >= 0.6 is 0 Å². The number of nitrogens with zero attached hydrogens (tertiary/aromatic N) is 4. The first-order valence-corrected chi connectivity index (χ1v) is 13.5. The molecule has 0 unspecified atom stereocenters. The summed E-state index contributed by atoms with van der Waals surface area (Å²) < 4.78 is 46.6. The highest BCUT2D eigenvalue weighted by molar-refractivity contribution is 7.89. The number of carbonyl (C=O) groups excluding carboxylic acids is 1. The molecule has 1 N–H and O–H groups in total. The van der Waals surface area contributed by atoms with Gasteiger partial charge in [-0.05, 0) is 55.5 Å². The highest BCUT2D eigenvalue weighted by Gasteiger charge is 2.41. The molecule has 0 aliphatic carbocycles. The lowest BCUT2D eigenvalue weighted by Crippen LogP contribution is -2.52. The molecule has 4 heterocycles. The van der Waals surface area contributed by atoms with Crippen LogP contribution in [0.15, 0.2) is 30.3 Å². The molecule has 1 amide bonds. The van der Waals surface area contributed by atoms with Crippen LogP contribution in [-0.2, 0) is 14.8 Å². The molecule has 1 aromatic carbocycles. The second-order valence-corrected chi connectivity index (χ2v) is 11.4. The average molecular weight is 502 g/mol. The first-order valence-electron chi connectivity index (χ1n) is 11.7. The van der Waals surface area contributed by atoms with Gasteiger partial charge in [-0.25, -0.2) is 27.2 Å². The van der Waals surface area contributed by atoms with Crippen LogP contribution in [-0.4, -0.2) is 60.6 Å². The molecule has 2 aromatic heterocycles. The molecule has 2 fully saturated rings. The van der Waals surface area contributed by atoms with E-state index in [0.29, 0.717) is 11.3 Å². The molecule has 0 radical (unpaired) electrons. The summed E-state index contributed by atoms with van der Waals surface area (Å²) in [5, 5.41) is 5.60. The van der Waals surface area contributed by atoms with Gasteiger partial charge in [-0.15, -0.1) is 0 Å². The number of hydrogen-bond donors (Lipinski definition) is 1. The Bertz CT molecular complexity index is 1390. The zero-order chi connectivity index (χ0) is 25.0. The first kappa shape index (κ1) is 23.7. The van der Waals surface area contributed by atoms with Gasteiger partial charge >= 0.3 is 0 Å². The Labute approximate surface area is 203 Å². The van der Waals surface area contributed by atoms with Crippen molar-refractivity contribution in [2.24, 2.45) is 0 Å². The van der Waals surface area contributed by atoms with E-state index >= 15 is 0 Å². The van der Waals surface area contributed by atoms with E-state index in [-0.39, 0.29) is 23.0 Å². The van der Waals surface area contributed by atoms with Gasteiger partial charge in [0.15, 0.2) is 5.65 Å². The normalized spacial score (nSPS) is 17.7. The van der Waals surface area contributed by atoms with Gasteiger partial charge in [0.05, 0.1) is 40.9 Å². The molecular formula is C24H28FN5O4S. The Balaban J connectivity index is 1.69. The minimum Gasteiger partial charge on any atom is -0.375 e. The van der Waals surface area contributed by atoms with E-state index in [1.165, 1.54) is 12.1 Å². The van der Waals surface area contributed by atoms with E-state index < -0.39 is 15.9 Å². The van der Waals surface area contributed by atoms with Gasteiger partial charge in [-0.3, -0.25) is 4.79 Å². The van der Waals surface area contributed by atoms with Crippen molar-refractivity contribution in [3.8, 4) is 5.69 Å². The maximum Gasteiger partial charge on any atom is 0.283 e. The van der Waals surface area contributed by atoms with Gasteiger partial charge in [0.25, 0.3) is 5.91 Å². The summed E-state index contributed by atoms with van der Waals surface area (Å²) in [5.74, 6) is -1.15. The molecule has 2 aliphatic rings. The predicted molar refractivity (Wildman–Crippen MR) is 130 cm³/mol. The number of fused-ring (bicyclic) bond motifs is 1. The fourth-order valence-corrected chi connectivity index (χ4v) is 5.26. The van der Waals surface area contributed by atoms with Crippen LogP contribution in [0, 0.1) is 5.82 Å². The Morgan fingerprint density at radius 2 is 1.83 bits per heavy atom. The van der Waals surface area contributed by atoms with Gasteiger partial charge in [0.1, 0.15) is 11.5 Å². The standard InChI is InChI=1S/C24H28FN5O4S/c1-15(2)21-20-19(29-11-8-24(9-12-29)10-13-34-24)14-18(23(31)28-35(3,32)33)26-22(20)30(27-21)17-6-4-16(25)5-7-17/h4-7,14-15H,8-13H2,1-3H3,(H,28,31). The van der Waals surface area contributed by atoms with Crippen LogP contribution in [0.3, 0.4) is 0 Å². The highest BCUT2D eigenvalue weighted by Crippen LogP contribution is 2.41. The number of sulfonamides is 1. The number of carbonyl (C=O) groups is 1. The first-order chi connectivity index (χ1) is 16.6. The van der Waals surface area contributed by atoms with E-state index in [4.69, 9.17) is 9.84 Å². The molecule has 1 spiro atoms. The molecule has 5 rings (SSSR count). The molecule has 186 valence electrons. The molecule has 2 aliphatic heterocycles. The number of benzene rings is 1. The number of aromatic nitrogens is 3. The van der Waals surface area contributed by atoms with Crippen molar-refractivity contribution in [2.45, 2.75) is 44.6 Å². The van der Waals surface area contributed by atoms with Crippen LogP contribution in [0.5, 0.6) is 0 Å². The van der Waals surface area contributed by atoms with Crippen molar-refractivity contribution in [3.63, 3.8) is 0 Å². The van der Waals surface area contributed by atoms with Gasteiger partial charge in [0.2, 0.25) is 10.0 Å². The van der Waals surface area contributed by atoms with E-state index in [1.54, 1.807) is 22.9 Å². The SMILES string of the molecule is CC(C)c1nn(-c2ccc(F)cc2)c2nc(C(=O)NS(C)(=O)=O)cc(N3CCC4(CCO4)CC3)c12. The topological polar surface area (TPSA) is 106 Å². The molecule has 9 nitrogen and oxygen atoms in total. The van der Waals surface area contributed by atoms with Crippen molar-refractivity contribution in [1.29, 1.82) is 0 Å². The molecule has 35 heavy (non-hydrogen) atoms. The second kappa shape index (κ2) is 8.56. The van der Waals surface area contributed by atoms with Crippen LogP contribution in [0.1, 0.15) is 55.2 Å². The highest BCUT2D eigenvalue weighted by atomic mass is 32.2. The Kier molecular flexibility index (Phi) is 5.79. The van der Waals surface area contributed by atoms with Crippen LogP contribution < -0.4 is 9.62 Å². The lowest BCUT2D eigenvalue weighted by Gasteiger charge is -2.48. The van der Waals surface area contributed by atoms with Crippen LogP contribution in [0.25, 0.3) is 16.7 Å². The fraction of sp³-hybridized carbons (Fsp3) is 0.458. The third-order valence-electron chi connectivity index (χ3n) is 6.75. The molecule has 2 saturated heterocycles. The summed E-state index contributed by atoms with van der Waals surface area (Å²) in [7, 11) is -3.78. The van der Waals surface area contributed by atoms with E-state index in [2.05, 4.69) is 9.88 Å². The number of ether oxygens (including phenoxy) is 1. The van der Waals surface area contributed by atoms with Crippen molar-refractivity contribution >= 4 is 32.7 Å². The summed E-state index contributed by atoms with van der Waals surface area (Å²) in [6.45, 7) is 6.30. The lowest BCUT2D eigenvalue weighted by atomic mass is 9.84. The Morgan fingerprint density at radius 3 is 2.37 bits per heavy atom. The number of nitrogens with one attached hydrogen (secondary N) is 1. The number of hydrogen-bond acceptors (Lipinski definition) is 7. The Morgan fingerprint density at radius 1 is 1.17 bits per heavy atom. The molecule has 0 bridgehead atoms. The van der Waals surface area contributed by atoms with Gasteiger partial charge in [0, 0.05) is 13.1 Å². The zero-order valence-electron chi connectivity index (χ0n) is 19.9. The molecule has 11 heteroatoms. The van der Waals surface area contributed by atoms with Gasteiger partial charge < -0.3 is 9.64 Å². The Hall–Kier alpha value is -3.05. The summed E-state index contributed by atoms with van der Waals surface area (Å²) in [5.41, 5.74) is 2.48.